The zero-order valence-electron chi connectivity index (χ0n) is 12.6. The van der Waals surface area contributed by atoms with Crippen molar-refractivity contribution in [3.63, 3.8) is 0 Å². The van der Waals surface area contributed by atoms with Crippen molar-refractivity contribution < 1.29 is 0 Å². The van der Waals surface area contributed by atoms with Crippen LogP contribution in [-0.2, 0) is 0 Å². The highest BCUT2D eigenvalue weighted by molar-refractivity contribution is 5.48. The summed E-state index contributed by atoms with van der Waals surface area (Å²) in [5.74, 6) is 2.45. The fourth-order valence-corrected chi connectivity index (χ4v) is 1.71. The van der Waals surface area contributed by atoms with Crippen LogP contribution in [0, 0.1) is 6.92 Å². The van der Waals surface area contributed by atoms with E-state index in [-0.39, 0.29) is 5.54 Å². The Balaban J connectivity index is 2.66. The maximum atomic E-state index is 5.72. The van der Waals surface area contributed by atoms with Crippen molar-refractivity contribution in [1.29, 1.82) is 0 Å². The number of aryl methyl sites for hydroxylation is 1. The molecule has 5 heteroatoms. The van der Waals surface area contributed by atoms with Crippen LogP contribution in [-0.4, -0.2) is 28.6 Å². The van der Waals surface area contributed by atoms with Gasteiger partial charge in [-0.25, -0.2) is 9.97 Å². The van der Waals surface area contributed by atoms with Gasteiger partial charge in [-0.2, -0.15) is 0 Å². The van der Waals surface area contributed by atoms with Crippen molar-refractivity contribution in [2.45, 2.75) is 52.5 Å². The Hall–Kier alpha value is -1.36. The molecule has 0 amide bonds. The second kappa shape index (κ2) is 7.28. The van der Waals surface area contributed by atoms with Crippen molar-refractivity contribution in [3.8, 4) is 0 Å². The van der Waals surface area contributed by atoms with E-state index in [2.05, 4.69) is 41.4 Å². The summed E-state index contributed by atoms with van der Waals surface area (Å²) in [6.45, 7) is 9.71. The normalized spacial score (nSPS) is 11.4. The van der Waals surface area contributed by atoms with Gasteiger partial charge in [0.2, 0.25) is 0 Å². The standard InChI is InChI=1S/C14H27N5/c1-5-6-7-8-16-12-9-13(18-11(2)17-12)19-14(3,4)10-15/h9H,5-8,10,15H2,1-4H3,(H2,16,17,18,19). The quantitative estimate of drug-likeness (QED) is 0.630. The largest absolute Gasteiger partial charge is 0.370 e. The van der Waals surface area contributed by atoms with Gasteiger partial charge in [-0.15, -0.1) is 0 Å². The van der Waals surface area contributed by atoms with Crippen molar-refractivity contribution in [3.05, 3.63) is 11.9 Å². The van der Waals surface area contributed by atoms with Crippen LogP contribution in [0.1, 0.15) is 45.9 Å². The van der Waals surface area contributed by atoms with Gasteiger partial charge in [0.05, 0.1) is 0 Å². The van der Waals surface area contributed by atoms with Gasteiger partial charge in [0.15, 0.2) is 0 Å². The lowest BCUT2D eigenvalue weighted by Crippen LogP contribution is -2.39. The number of unbranched alkanes of at least 4 members (excludes halogenated alkanes) is 2. The van der Waals surface area contributed by atoms with Crippen LogP contribution in [0.4, 0.5) is 11.6 Å². The summed E-state index contributed by atoms with van der Waals surface area (Å²) in [6, 6.07) is 1.94. The molecule has 0 unspecified atom stereocenters. The predicted molar refractivity (Wildman–Crippen MR) is 81.5 cm³/mol. The average molecular weight is 265 g/mol. The number of nitrogens with two attached hydrogens (primary N) is 1. The van der Waals surface area contributed by atoms with Gasteiger partial charge < -0.3 is 16.4 Å². The zero-order valence-corrected chi connectivity index (χ0v) is 12.6. The van der Waals surface area contributed by atoms with Gasteiger partial charge in [0.25, 0.3) is 0 Å². The highest BCUT2D eigenvalue weighted by atomic mass is 15.1. The third kappa shape index (κ3) is 5.87. The molecule has 0 aliphatic rings. The molecule has 1 aromatic heterocycles. The first kappa shape index (κ1) is 15.7. The maximum Gasteiger partial charge on any atom is 0.132 e. The second-order valence-electron chi connectivity index (χ2n) is 5.53. The zero-order chi connectivity index (χ0) is 14.3. The Morgan fingerprint density at radius 1 is 1.21 bits per heavy atom. The van der Waals surface area contributed by atoms with Crippen LogP contribution in [0.25, 0.3) is 0 Å². The van der Waals surface area contributed by atoms with Crippen molar-refractivity contribution >= 4 is 11.6 Å². The van der Waals surface area contributed by atoms with Crippen LogP contribution < -0.4 is 16.4 Å². The lowest BCUT2D eigenvalue weighted by molar-refractivity contribution is 0.577. The van der Waals surface area contributed by atoms with E-state index in [1.807, 2.05) is 13.0 Å². The van der Waals surface area contributed by atoms with Gasteiger partial charge in [-0.3, -0.25) is 0 Å². The number of hydrogen-bond acceptors (Lipinski definition) is 5. The first-order valence-electron chi connectivity index (χ1n) is 7.04. The molecule has 5 nitrogen and oxygen atoms in total. The molecule has 0 saturated carbocycles. The molecule has 0 fully saturated rings. The Kier molecular flexibility index (Phi) is 6.02. The van der Waals surface area contributed by atoms with E-state index in [1.165, 1.54) is 12.8 Å². The summed E-state index contributed by atoms with van der Waals surface area (Å²) in [6.07, 6.45) is 3.63. The second-order valence-corrected chi connectivity index (χ2v) is 5.53. The maximum absolute atomic E-state index is 5.72. The minimum absolute atomic E-state index is 0.166. The summed E-state index contributed by atoms with van der Waals surface area (Å²) in [7, 11) is 0. The smallest absolute Gasteiger partial charge is 0.132 e. The fraction of sp³-hybridized carbons (Fsp3) is 0.714. The fourth-order valence-electron chi connectivity index (χ4n) is 1.71. The number of rotatable bonds is 8. The lowest BCUT2D eigenvalue weighted by atomic mass is 10.1. The predicted octanol–water partition coefficient (Wildman–Crippen LogP) is 2.54. The van der Waals surface area contributed by atoms with Gasteiger partial charge in [-0.05, 0) is 27.2 Å². The molecule has 0 saturated heterocycles. The molecule has 0 spiro atoms. The summed E-state index contributed by atoms with van der Waals surface area (Å²) in [5.41, 5.74) is 5.56. The van der Waals surface area contributed by atoms with E-state index in [0.29, 0.717) is 6.54 Å². The van der Waals surface area contributed by atoms with E-state index in [4.69, 9.17) is 5.73 Å². The molecule has 1 rings (SSSR count). The molecular weight excluding hydrogens is 238 g/mol. The van der Waals surface area contributed by atoms with Gasteiger partial charge in [-0.1, -0.05) is 19.8 Å². The molecular formula is C14H27N5. The van der Waals surface area contributed by atoms with Gasteiger partial charge >= 0.3 is 0 Å². The molecule has 1 heterocycles. The number of nitrogens with zero attached hydrogens (tertiary/aromatic N) is 2. The molecule has 1 aromatic rings. The minimum atomic E-state index is -0.166. The number of aromatic nitrogens is 2. The van der Waals surface area contributed by atoms with E-state index in [1.54, 1.807) is 0 Å². The van der Waals surface area contributed by atoms with E-state index in [0.717, 1.165) is 30.4 Å². The van der Waals surface area contributed by atoms with Crippen LogP contribution in [0.15, 0.2) is 6.07 Å². The van der Waals surface area contributed by atoms with Gasteiger partial charge in [0.1, 0.15) is 17.5 Å². The third-order valence-electron chi connectivity index (χ3n) is 2.90. The van der Waals surface area contributed by atoms with Crippen molar-refractivity contribution in [1.82, 2.24) is 9.97 Å². The van der Waals surface area contributed by atoms with Crippen LogP contribution >= 0.6 is 0 Å². The summed E-state index contributed by atoms with van der Waals surface area (Å²) in [5, 5.41) is 6.68. The molecule has 0 radical (unpaired) electrons. The first-order chi connectivity index (χ1) is 8.96. The lowest BCUT2D eigenvalue weighted by Gasteiger charge is -2.25. The Morgan fingerprint density at radius 3 is 2.53 bits per heavy atom. The van der Waals surface area contributed by atoms with E-state index < -0.39 is 0 Å². The van der Waals surface area contributed by atoms with Crippen LogP contribution in [0.3, 0.4) is 0 Å². The topological polar surface area (TPSA) is 75.9 Å². The Morgan fingerprint density at radius 2 is 1.89 bits per heavy atom. The molecule has 108 valence electrons. The molecule has 0 bridgehead atoms. The van der Waals surface area contributed by atoms with Crippen molar-refractivity contribution in [2.75, 3.05) is 23.7 Å². The highest BCUT2D eigenvalue weighted by Crippen LogP contribution is 2.15. The van der Waals surface area contributed by atoms with Gasteiger partial charge in [0, 0.05) is 24.7 Å². The SMILES string of the molecule is CCCCCNc1cc(NC(C)(C)CN)nc(C)n1. The Bertz CT molecular complexity index is 389. The first-order valence-corrected chi connectivity index (χ1v) is 7.04. The Labute approximate surface area is 116 Å². The van der Waals surface area contributed by atoms with E-state index >= 15 is 0 Å². The molecule has 0 atom stereocenters. The number of anilines is 2. The third-order valence-corrected chi connectivity index (χ3v) is 2.90. The molecule has 4 N–H and O–H groups in total. The summed E-state index contributed by atoms with van der Waals surface area (Å²) < 4.78 is 0. The molecule has 19 heavy (non-hydrogen) atoms. The van der Waals surface area contributed by atoms with Crippen LogP contribution in [0.5, 0.6) is 0 Å². The number of hydrogen-bond donors (Lipinski definition) is 3. The summed E-state index contributed by atoms with van der Waals surface area (Å²) >= 11 is 0. The summed E-state index contributed by atoms with van der Waals surface area (Å²) in [4.78, 5) is 8.79. The minimum Gasteiger partial charge on any atom is -0.370 e. The van der Waals surface area contributed by atoms with Crippen LogP contribution in [0.2, 0.25) is 0 Å². The monoisotopic (exact) mass is 265 g/mol. The number of nitrogens with one attached hydrogen (secondary N) is 2. The molecule has 0 aliphatic carbocycles. The molecule has 0 aliphatic heterocycles. The average Bonchev–Trinajstić information content (AvgIpc) is 2.33. The highest BCUT2D eigenvalue weighted by Gasteiger charge is 2.16. The van der Waals surface area contributed by atoms with Crippen molar-refractivity contribution in [2.24, 2.45) is 5.73 Å². The van der Waals surface area contributed by atoms with E-state index in [9.17, 15) is 0 Å². The molecule has 0 aromatic carbocycles.